The quantitative estimate of drug-likeness (QED) is 0.316. The van der Waals surface area contributed by atoms with Crippen molar-refractivity contribution in [2.75, 3.05) is 23.4 Å². The molecule has 0 radical (unpaired) electrons. The fourth-order valence-corrected chi connectivity index (χ4v) is 4.83. The first kappa shape index (κ1) is 20.9. The molecule has 164 valence electrons. The summed E-state index contributed by atoms with van der Waals surface area (Å²) in [6, 6.07) is 2.51. The smallest absolute Gasteiger partial charge is 0.165 e. The van der Waals surface area contributed by atoms with E-state index in [-0.39, 0.29) is 5.92 Å². The Hall–Kier alpha value is -2.32. The maximum atomic E-state index is 6.43. The Bertz CT molecular complexity index is 823. The normalized spacial score (nSPS) is 18.8. The minimum atomic E-state index is 0.0913. The van der Waals surface area contributed by atoms with Crippen LogP contribution in [0, 0.1) is 5.92 Å². The third-order valence-electron chi connectivity index (χ3n) is 6.82. The predicted octanol–water partition coefficient (Wildman–Crippen LogP) is 2.97. The molecule has 0 aromatic carbocycles. The number of hydrogen-bond acceptors (Lipinski definition) is 7. The second-order valence-corrected chi connectivity index (χ2v) is 8.97. The summed E-state index contributed by atoms with van der Waals surface area (Å²) < 4.78 is 2.09. The average molecular weight is 413 g/mol. The van der Waals surface area contributed by atoms with E-state index in [1.165, 1.54) is 56.9 Å². The third kappa shape index (κ3) is 4.87. The zero-order valence-electron chi connectivity index (χ0n) is 17.8. The molecule has 2 aromatic heterocycles. The van der Waals surface area contributed by atoms with Gasteiger partial charge in [-0.25, -0.2) is 10.8 Å². The summed E-state index contributed by atoms with van der Waals surface area (Å²) in [4.78, 5) is 4.23. The molecule has 2 aliphatic carbocycles. The number of nitrogens with zero attached hydrogens (tertiary/aromatic N) is 3. The fourth-order valence-electron chi connectivity index (χ4n) is 4.83. The van der Waals surface area contributed by atoms with Gasteiger partial charge in [0.25, 0.3) is 0 Å². The molecule has 2 aromatic rings. The van der Waals surface area contributed by atoms with E-state index < -0.39 is 0 Å². The van der Waals surface area contributed by atoms with Crippen molar-refractivity contribution in [2.24, 2.45) is 11.8 Å². The molecule has 2 saturated carbocycles. The minimum absolute atomic E-state index is 0.0913. The first-order valence-corrected chi connectivity index (χ1v) is 11.4. The van der Waals surface area contributed by atoms with Gasteiger partial charge in [0.05, 0.1) is 11.9 Å². The van der Waals surface area contributed by atoms with Crippen LogP contribution in [-0.2, 0) is 6.54 Å². The van der Waals surface area contributed by atoms with Crippen molar-refractivity contribution < 1.29 is 0 Å². The lowest BCUT2D eigenvalue weighted by molar-refractivity contribution is 0.266. The lowest BCUT2D eigenvalue weighted by Crippen LogP contribution is -2.32. The highest BCUT2D eigenvalue weighted by Crippen LogP contribution is 2.36. The highest BCUT2D eigenvalue weighted by atomic mass is 15.3. The van der Waals surface area contributed by atoms with Crippen molar-refractivity contribution in [3.05, 3.63) is 29.6 Å². The average Bonchev–Trinajstić information content (AvgIpc) is 3.19. The fraction of sp³-hybridized carbons (Fsp3) is 0.636. The van der Waals surface area contributed by atoms with E-state index in [1.807, 2.05) is 12.3 Å². The summed E-state index contributed by atoms with van der Waals surface area (Å²) in [5.74, 6) is 7.33. The molecule has 30 heavy (non-hydrogen) atoms. The molecule has 0 bridgehead atoms. The Labute approximate surface area is 179 Å². The Morgan fingerprint density at radius 2 is 1.90 bits per heavy atom. The van der Waals surface area contributed by atoms with Gasteiger partial charge in [0.2, 0.25) is 0 Å². The van der Waals surface area contributed by atoms with E-state index in [1.54, 1.807) is 0 Å². The molecule has 8 nitrogen and oxygen atoms in total. The number of hydrazine groups is 1. The van der Waals surface area contributed by atoms with Crippen LogP contribution < -0.4 is 28.1 Å². The van der Waals surface area contributed by atoms with Crippen LogP contribution in [0.4, 0.5) is 17.3 Å². The third-order valence-corrected chi connectivity index (χ3v) is 6.82. The SMILES string of the molecule is NNc1nc(N)cc(C(CCNC2CCCCC2)c2cnn(CC3CCC3)c2)c1N. The summed E-state index contributed by atoms with van der Waals surface area (Å²) in [5, 5.41) is 8.40. The predicted molar refractivity (Wildman–Crippen MR) is 122 cm³/mol. The summed E-state index contributed by atoms with van der Waals surface area (Å²) in [7, 11) is 0. The second kappa shape index (κ2) is 9.66. The van der Waals surface area contributed by atoms with E-state index in [4.69, 9.17) is 17.3 Å². The molecule has 0 saturated heterocycles. The number of pyridine rings is 1. The molecular formula is C22H36N8. The minimum Gasteiger partial charge on any atom is -0.395 e. The van der Waals surface area contributed by atoms with Crippen LogP contribution in [-0.4, -0.2) is 27.4 Å². The highest BCUT2D eigenvalue weighted by Gasteiger charge is 2.24. The van der Waals surface area contributed by atoms with E-state index >= 15 is 0 Å². The van der Waals surface area contributed by atoms with E-state index in [0.717, 1.165) is 31.0 Å². The van der Waals surface area contributed by atoms with E-state index in [2.05, 4.69) is 31.7 Å². The number of nitrogens with two attached hydrogens (primary N) is 3. The van der Waals surface area contributed by atoms with Gasteiger partial charge < -0.3 is 22.2 Å². The number of nitrogen functional groups attached to an aromatic ring is 3. The van der Waals surface area contributed by atoms with Crippen LogP contribution in [0.1, 0.15) is 74.8 Å². The molecule has 4 rings (SSSR count). The zero-order valence-corrected chi connectivity index (χ0v) is 17.8. The lowest BCUT2D eigenvalue weighted by atomic mass is 9.85. The molecular weight excluding hydrogens is 376 g/mol. The monoisotopic (exact) mass is 412 g/mol. The molecule has 2 fully saturated rings. The molecule has 2 heterocycles. The molecule has 8 heteroatoms. The number of hydrogen-bond donors (Lipinski definition) is 5. The molecule has 0 amide bonds. The van der Waals surface area contributed by atoms with Crippen LogP contribution in [0.3, 0.4) is 0 Å². The van der Waals surface area contributed by atoms with Gasteiger partial charge in [-0.1, -0.05) is 25.7 Å². The summed E-state index contributed by atoms with van der Waals surface area (Å²) in [5.41, 5.74) is 17.8. The molecule has 0 aliphatic heterocycles. The zero-order chi connectivity index (χ0) is 20.9. The van der Waals surface area contributed by atoms with Gasteiger partial charge in [0.15, 0.2) is 5.82 Å². The van der Waals surface area contributed by atoms with Crippen LogP contribution >= 0.6 is 0 Å². The van der Waals surface area contributed by atoms with Crippen molar-refractivity contribution >= 4 is 17.3 Å². The number of aromatic nitrogens is 3. The van der Waals surface area contributed by atoms with Crippen LogP contribution in [0.2, 0.25) is 0 Å². The Morgan fingerprint density at radius 3 is 2.60 bits per heavy atom. The van der Waals surface area contributed by atoms with Gasteiger partial charge >= 0.3 is 0 Å². The Balaban J connectivity index is 1.54. The maximum Gasteiger partial charge on any atom is 0.165 e. The first-order valence-electron chi connectivity index (χ1n) is 11.4. The van der Waals surface area contributed by atoms with Crippen LogP contribution in [0.15, 0.2) is 18.5 Å². The topological polar surface area (TPSA) is 133 Å². The van der Waals surface area contributed by atoms with Crippen molar-refractivity contribution in [3.63, 3.8) is 0 Å². The van der Waals surface area contributed by atoms with Crippen LogP contribution in [0.25, 0.3) is 0 Å². The number of nitrogens with one attached hydrogen (secondary N) is 2. The maximum absolute atomic E-state index is 6.43. The van der Waals surface area contributed by atoms with Crippen molar-refractivity contribution in [2.45, 2.75) is 76.3 Å². The van der Waals surface area contributed by atoms with Crippen molar-refractivity contribution in [1.29, 1.82) is 0 Å². The molecule has 8 N–H and O–H groups in total. The van der Waals surface area contributed by atoms with Gasteiger partial charge in [-0.15, -0.1) is 0 Å². The van der Waals surface area contributed by atoms with E-state index in [0.29, 0.717) is 23.4 Å². The second-order valence-electron chi connectivity index (χ2n) is 8.97. The van der Waals surface area contributed by atoms with Gasteiger partial charge in [-0.2, -0.15) is 5.10 Å². The number of rotatable bonds is 9. The van der Waals surface area contributed by atoms with E-state index in [9.17, 15) is 0 Å². The summed E-state index contributed by atoms with van der Waals surface area (Å²) >= 11 is 0. The van der Waals surface area contributed by atoms with Crippen LogP contribution in [0.5, 0.6) is 0 Å². The largest absolute Gasteiger partial charge is 0.395 e. The summed E-state index contributed by atoms with van der Waals surface area (Å²) in [6.45, 7) is 1.92. The lowest BCUT2D eigenvalue weighted by Gasteiger charge is -2.25. The number of anilines is 3. The Morgan fingerprint density at radius 1 is 1.10 bits per heavy atom. The van der Waals surface area contributed by atoms with Crippen molar-refractivity contribution in [1.82, 2.24) is 20.1 Å². The molecule has 1 atom stereocenters. The molecule has 0 spiro atoms. The highest BCUT2D eigenvalue weighted by molar-refractivity contribution is 5.70. The molecule has 2 aliphatic rings. The first-order chi connectivity index (χ1) is 14.6. The van der Waals surface area contributed by atoms with Gasteiger partial charge in [0.1, 0.15) is 5.82 Å². The van der Waals surface area contributed by atoms with Gasteiger partial charge in [0, 0.05) is 24.7 Å². The molecule has 1 unspecified atom stereocenters. The Kier molecular flexibility index (Phi) is 6.74. The van der Waals surface area contributed by atoms with Gasteiger partial charge in [-0.05, 0) is 61.8 Å². The standard InChI is InChI=1S/C22H36N8/c23-20-11-19(21(24)22(28-20)29-25)18(9-10-26-17-7-2-1-3-8-17)16-12-27-30(14-16)13-15-5-4-6-15/h11-12,14-15,17-18,26H,1-10,13,24-25H2,(H3,23,28,29). The van der Waals surface area contributed by atoms with Crippen molar-refractivity contribution in [3.8, 4) is 0 Å². The summed E-state index contributed by atoms with van der Waals surface area (Å²) in [6.07, 6.45) is 15.6. The van der Waals surface area contributed by atoms with Gasteiger partial charge in [-0.3, -0.25) is 4.68 Å².